The van der Waals surface area contributed by atoms with E-state index < -0.39 is 6.10 Å². The third-order valence-electron chi connectivity index (χ3n) is 4.41. The molecule has 1 aliphatic heterocycles. The summed E-state index contributed by atoms with van der Waals surface area (Å²) >= 11 is 5.95. The fourth-order valence-electron chi connectivity index (χ4n) is 3.14. The fraction of sp³-hybridized carbons (Fsp3) is 0.526. The fourth-order valence-corrected chi connectivity index (χ4v) is 3.37. The quantitative estimate of drug-likeness (QED) is 0.799. The van der Waals surface area contributed by atoms with E-state index in [4.69, 9.17) is 21.1 Å². The van der Waals surface area contributed by atoms with Crippen LogP contribution in [-0.4, -0.2) is 64.8 Å². The zero-order valence-electron chi connectivity index (χ0n) is 15.3. The number of aliphatic hydroxyl groups is 1. The van der Waals surface area contributed by atoms with Crippen molar-refractivity contribution in [1.82, 2.24) is 14.7 Å². The molecule has 2 atom stereocenters. The highest BCUT2D eigenvalue weighted by Gasteiger charge is 2.23. The van der Waals surface area contributed by atoms with Crippen LogP contribution in [0, 0.1) is 13.8 Å². The highest BCUT2D eigenvalue weighted by atomic mass is 35.5. The van der Waals surface area contributed by atoms with Crippen molar-refractivity contribution in [2.45, 2.75) is 32.6 Å². The van der Waals surface area contributed by atoms with E-state index in [-0.39, 0.29) is 12.7 Å². The lowest BCUT2D eigenvalue weighted by molar-refractivity contribution is -0.0517. The van der Waals surface area contributed by atoms with E-state index in [0.717, 1.165) is 36.5 Å². The third kappa shape index (κ3) is 5.45. The molecule has 3 rings (SSSR count). The normalized spacial score (nSPS) is 19.5. The van der Waals surface area contributed by atoms with E-state index in [1.807, 2.05) is 43.1 Å². The molecule has 0 amide bonds. The summed E-state index contributed by atoms with van der Waals surface area (Å²) in [6.07, 6.45) is 3.38. The van der Waals surface area contributed by atoms with Gasteiger partial charge >= 0.3 is 0 Å². The topological polar surface area (TPSA) is 59.8 Å². The molecule has 2 heterocycles. The second kappa shape index (κ2) is 8.86. The first kappa shape index (κ1) is 19.2. The van der Waals surface area contributed by atoms with Gasteiger partial charge in [0.05, 0.1) is 25.5 Å². The first-order valence-electron chi connectivity index (χ1n) is 8.89. The number of rotatable bonds is 7. The Kier molecular flexibility index (Phi) is 6.53. The van der Waals surface area contributed by atoms with Crippen molar-refractivity contribution < 1.29 is 14.6 Å². The molecule has 0 radical (unpaired) electrons. The van der Waals surface area contributed by atoms with Crippen LogP contribution in [0.1, 0.15) is 11.1 Å². The average molecular weight is 380 g/mol. The lowest BCUT2D eigenvalue weighted by Gasteiger charge is -2.34. The van der Waals surface area contributed by atoms with Gasteiger partial charge in [-0.15, -0.1) is 0 Å². The van der Waals surface area contributed by atoms with Gasteiger partial charge in [-0.05, 0) is 43.2 Å². The van der Waals surface area contributed by atoms with Crippen molar-refractivity contribution in [2.75, 3.05) is 32.8 Å². The molecule has 1 fully saturated rings. The van der Waals surface area contributed by atoms with Gasteiger partial charge < -0.3 is 14.6 Å². The van der Waals surface area contributed by atoms with Crippen LogP contribution < -0.4 is 4.74 Å². The van der Waals surface area contributed by atoms with E-state index in [1.165, 1.54) is 0 Å². The Morgan fingerprint density at radius 1 is 1.42 bits per heavy atom. The summed E-state index contributed by atoms with van der Waals surface area (Å²) in [5.41, 5.74) is 2.10. The van der Waals surface area contributed by atoms with Crippen LogP contribution in [0.2, 0.25) is 5.02 Å². The van der Waals surface area contributed by atoms with Gasteiger partial charge in [0, 0.05) is 30.9 Å². The summed E-state index contributed by atoms with van der Waals surface area (Å²) in [5.74, 6) is 0.752. The van der Waals surface area contributed by atoms with E-state index in [1.54, 1.807) is 6.07 Å². The highest BCUT2D eigenvalue weighted by molar-refractivity contribution is 6.30. The number of morpholine rings is 1. The standard InChI is InChI=1S/C19H26ClN3O3/c1-14-8-21-23(9-14)12-18-11-22(5-6-25-18)10-17(24)13-26-19-4-3-16(20)7-15(19)2/h3-4,7-9,17-18,24H,5-6,10-13H2,1-2H3. The van der Waals surface area contributed by atoms with Crippen molar-refractivity contribution in [2.24, 2.45) is 0 Å². The second-order valence-electron chi connectivity index (χ2n) is 6.87. The summed E-state index contributed by atoms with van der Waals surface area (Å²) in [5, 5.41) is 15.3. The largest absolute Gasteiger partial charge is 0.491 e. The van der Waals surface area contributed by atoms with Crippen LogP contribution in [0.4, 0.5) is 0 Å². The number of ether oxygens (including phenoxy) is 2. The maximum absolute atomic E-state index is 10.3. The number of benzene rings is 1. The monoisotopic (exact) mass is 379 g/mol. The summed E-state index contributed by atoms with van der Waals surface area (Å²) in [7, 11) is 0. The van der Waals surface area contributed by atoms with E-state index in [0.29, 0.717) is 18.2 Å². The van der Waals surface area contributed by atoms with Crippen molar-refractivity contribution >= 4 is 11.6 Å². The molecular weight excluding hydrogens is 354 g/mol. The van der Waals surface area contributed by atoms with Crippen LogP contribution >= 0.6 is 11.6 Å². The Balaban J connectivity index is 1.45. The van der Waals surface area contributed by atoms with Crippen LogP contribution in [-0.2, 0) is 11.3 Å². The molecule has 0 saturated carbocycles. The average Bonchev–Trinajstić information content (AvgIpc) is 2.99. The minimum Gasteiger partial charge on any atom is -0.491 e. The van der Waals surface area contributed by atoms with E-state index >= 15 is 0 Å². The molecule has 1 aromatic carbocycles. The molecule has 26 heavy (non-hydrogen) atoms. The summed E-state index contributed by atoms with van der Waals surface area (Å²) in [6, 6.07) is 5.48. The number of hydrogen-bond donors (Lipinski definition) is 1. The third-order valence-corrected chi connectivity index (χ3v) is 4.65. The lowest BCUT2D eigenvalue weighted by atomic mass is 10.2. The Morgan fingerprint density at radius 2 is 2.27 bits per heavy atom. The Morgan fingerprint density at radius 3 is 3.00 bits per heavy atom. The van der Waals surface area contributed by atoms with Gasteiger partial charge in [0.2, 0.25) is 0 Å². The number of aryl methyl sites for hydroxylation is 2. The Bertz CT molecular complexity index is 722. The van der Waals surface area contributed by atoms with Crippen LogP contribution in [0.3, 0.4) is 0 Å². The van der Waals surface area contributed by atoms with Gasteiger partial charge in [-0.25, -0.2) is 0 Å². The zero-order valence-corrected chi connectivity index (χ0v) is 16.0. The predicted molar refractivity (Wildman–Crippen MR) is 101 cm³/mol. The van der Waals surface area contributed by atoms with E-state index in [9.17, 15) is 5.11 Å². The van der Waals surface area contributed by atoms with Gasteiger partial charge in [-0.2, -0.15) is 5.10 Å². The summed E-state index contributed by atoms with van der Waals surface area (Å²) < 4.78 is 13.5. The van der Waals surface area contributed by atoms with Crippen molar-refractivity contribution in [3.05, 3.63) is 46.7 Å². The second-order valence-corrected chi connectivity index (χ2v) is 7.30. The lowest BCUT2D eigenvalue weighted by Crippen LogP contribution is -2.47. The molecule has 0 bridgehead atoms. The zero-order chi connectivity index (χ0) is 18.5. The van der Waals surface area contributed by atoms with Crippen LogP contribution in [0.15, 0.2) is 30.6 Å². The van der Waals surface area contributed by atoms with Gasteiger partial charge in [-0.1, -0.05) is 11.6 Å². The van der Waals surface area contributed by atoms with Crippen molar-refractivity contribution in [3.63, 3.8) is 0 Å². The number of aromatic nitrogens is 2. The van der Waals surface area contributed by atoms with Crippen LogP contribution in [0.25, 0.3) is 0 Å². The molecule has 0 aliphatic carbocycles. The van der Waals surface area contributed by atoms with E-state index in [2.05, 4.69) is 10.00 Å². The summed E-state index contributed by atoms with van der Waals surface area (Å²) in [6.45, 7) is 7.75. The molecule has 7 heteroatoms. The minimum absolute atomic E-state index is 0.0784. The molecule has 2 aromatic rings. The highest BCUT2D eigenvalue weighted by Crippen LogP contribution is 2.22. The summed E-state index contributed by atoms with van der Waals surface area (Å²) in [4.78, 5) is 2.22. The molecule has 1 saturated heterocycles. The molecule has 0 spiro atoms. The van der Waals surface area contributed by atoms with Crippen LogP contribution in [0.5, 0.6) is 5.75 Å². The van der Waals surface area contributed by atoms with Crippen molar-refractivity contribution in [1.29, 1.82) is 0 Å². The molecule has 2 unspecified atom stereocenters. The Labute approximate surface area is 159 Å². The predicted octanol–water partition coefficient (Wildman–Crippen LogP) is 2.29. The van der Waals surface area contributed by atoms with Gasteiger partial charge in [-0.3, -0.25) is 9.58 Å². The van der Waals surface area contributed by atoms with Crippen molar-refractivity contribution in [3.8, 4) is 5.75 Å². The van der Waals surface area contributed by atoms with Gasteiger partial charge in [0.25, 0.3) is 0 Å². The smallest absolute Gasteiger partial charge is 0.122 e. The molecule has 142 valence electrons. The number of aliphatic hydroxyl groups excluding tert-OH is 1. The molecule has 1 N–H and O–H groups in total. The number of nitrogens with zero attached hydrogens (tertiary/aromatic N) is 3. The molecule has 6 nitrogen and oxygen atoms in total. The molecule has 1 aromatic heterocycles. The van der Waals surface area contributed by atoms with Gasteiger partial charge in [0.1, 0.15) is 18.5 Å². The maximum atomic E-state index is 10.3. The molecule has 1 aliphatic rings. The first-order chi connectivity index (χ1) is 12.5. The molecular formula is C19H26ClN3O3. The number of halogens is 1. The Hall–Kier alpha value is -1.60. The maximum Gasteiger partial charge on any atom is 0.122 e. The van der Waals surface area contributed by atoms with Gasteiger partial charge in [0.15, 0.2) is 0 Å². The number of hydrogen-bond acceptors (Lipinski definition) is 5. The first-order valence-corrected chi connectivity index (χ1v) is 9.27. The minimum atomic E-state index is -0.559. The number of β-amino-alcohol motifs (C(OH)–C–C–N with tert-alkyl or cyclic N) is 1. The SMILES string of the molecule is Cc1cnn(CC2CN(CC(O)COc3ccc(Cl)cc3C)CCO2)c1.